The Bertz CT molecular complexity index is 1460. The first kappa shape index (κ1) is 26.4. The van der Waals surface area contributed by atoms with Crippen molar-refractivity contribution in [2.45, 2.75) is 25.3 Å². The number of benzene rings is 4. The lowest BCUT2D eigenvalue weighted by molar-refractivity contribution is -0.128. The van der Waals surface area contributed by atoms with Crippen LogP contribution in [0.25, 0.3) is 16.8 Å². The van der Waals surface area contributed by atoms with E-state index in [4.69, 9.17) is 5.11 Å². The number of carbonyl (C=O) groups is 2. The van der Waals surface area contributed by atoms with Gasteiger partial charge in [-0.2, -0.15) is 0 Å². The van der Waals surface area contributed by atoms with Crippen molar-refractivity contribution in [2.75, 3.05) is 19.6 Å². The smallest absolute Gasteiger partial charge is 0.335 e. The molecular weight excluding hydrogens is 484 g/mol. The number of amides is 1. The van der Waals surface area contributed by atoms with Gasteiger partial charge in [0.2, 0.25) is 5.91 Å². The standard InChI is InChI=1S/C34H34N2O3/c1-24(30-13-7-11-27-10-5-6-12-32(27)30)35-22-29-23-36(21-20-31(29)26-8-3-2-4-9-26)33(37)19-16-25-14-17-28(18-15-25)34(38)39/h2-19,24,29,31,35H,20-23H2,1H3,(H,38,39)/b19-16+/t24-,29?,31?/m1/s1. The van der Waals surface area contributed by atoms with E-state index in [2.05, 4.69) is 79.0 Å². The number of fused-ring (bicyclic) bond motifs is 1. The Morgan fingerprint density at radius 1 is 0.949 bits per heavy atom. The summed E-state index contributed by atoms with van der Waals surface area (Å²) in [6.07, 6.45) is 4.26. The summed E-state index contributed by atoms with van der Waals surface area (Å²) < 4.78 is 0. The molecule has 3 atom stereocenters. The van der Waals surface area contributed by atoms with Crippen LogP contribution in [-0.2, 0) is 4.79 Å². The van der Waals surface area contributed by atoms with Crippen LogP contribution in [0.15, 0.2) is 103 Å². The molecule has 5 heteroatoms. The number of nitrogens with zero attached hydrogens (tertiary/aromatic N) is 1. The Morgan fingerprint density at radius 3 is 2.44 bits per heavy atom. The number of nitrogens with one attached hydrogen (secondary N) is 1. The summed E-state index contributed by atoms with van der Waals surface area (Å²) in [4.78, 5) is 26.2. The molecule has 1 fully saturated rings. The first-order valence-corrected chi connectivity index (χ1v) is 13.6. The fourth-order valence-electron chi connectivity index (χ4n) is 5.65. The van der Waals surface area contributed by atoms with E-state index in [9.17, 15) is 9.59 Å². The van der Waals surface area contributed by atoms with Crippen LogP contribution in [0.2, 0.25) is 0 Å². The lowest BCUT2D eigenvalue weighted by Crippen LogP contribution is -2.46. The second-order valence-electron chi connectivity index (χ2n) is 10.3. The number of rotatable bonds is 8. The van der Waals surface area contributed by atoms with Crippen molar-refractivity contribution in [1.82, 2.24) is 10.2 Å². The fourth-order valence-corrected chi connectivity index (χ4v) is 5.65. The number of hydrogen-bond acceptors (Lipinski definition) is 3. The third kappa shape index (κ3) is 6.27. The van der Waals surface area contributed by atoms with Gasteiger partial charge in [0.25, 0.3) is 0 Å². The lowest BCUT2D eigenvalue weighted by Gasteiger charge is -2.39. The van der Waals surface area contributed by atoms with E-state index in [1.807, 2.05) is 11.0 Å². The molecule has 5 rings (SSSR count). The van der Waals surface area contributed by atoms with E-state index in [1.165, 1.54) is 21.9 Å². The number of aromatic carboxylic acids is 1. The fraction of sp³-hybridized carbons (Fsp3) is 0.235. The van der Waals surface area contributed by atoms with Crippen LogP contribution in [0.4, 0.5) is 0 Å². The van der Waals surface area contributed by atoms with Crippen LogP contribution in [-0.4, -0.2) is 41.5 Å². The number of carbonyl (C=O) groups excluding carboxylic acids is 1. The van der Waals surface area contributed by atoms with E-state index in [-0.39, 0.29) is 23.4 Å². The van der Waals surface area contributed by atoms with Gasteiger partial charge < -0.3 is 15.3 Å². The zero-order valence-electron chi connectivity index (χ0n) is 22.2. The molecule has 1 saturated heterocycles. The SMILES string of the molecule is C[C@@H](NCC1CN(C(=O)/C=C/c2ccc(C(=O)O)cc2)CCC1c1ccccc1)c1cccc2ccccc12. The van der Waals surface area contributed by atoms with Gasteiger partial charge >= 0.3 is 5.97 Å². The quantitative estimate of drug-likeness (QED) is 0.260. The molecule has 1 aliphatic heterocycles. The first-order chi connectivity index (χ1) is 19.0. The van der Waals surface area contributed by atoms with Crippen molar-refractivity contribution in [3.8, 4) is 0 Å². The molecular formula is C34H34N2O3. The van der Waals surface area contributed by atoms with Gasteiger partial charge in [0.15, 0.2) is 0 Å². The van der Waals surface area contributed by atoms with Gasteiger partial charge in [0, 0.05) is 31.8 Å². The first-order valence-electron chi connectivity index (χ1n) is 13.6. The molecule has 0 saturated carbocycles. The zero-order valence-corrected chi connectivity index (χ0v) is 22.2. The van der Waals surface area contributed by atoms with Gasteiger partial charge in [-0.25, -0.2) is 4.79 Å². The van der Waals surface area contributed by atoms with Gasteiger partial charge in [-0.3, -0.25) is 4.79 Å². The predicted octanol–water partition coefficient (Wildman–Crippen LogP) is 6.53. The lowest BCUT2D eigenvalue weighted by atomic mass is 9.80. The largest absolute Gasteiger partial charge is 0.478 e. The molecule has 4 aromatic carbocycles. The van der Waals surface area contributed by atoms with Crippen molar-refractivity contribution in [3.63, 3.8) is 0 Å². The molecule has 1 amide bonds. The summed E-state index contributed by atoms with van der Waals surface area (Å²) in [7, 11) is 0. The zero-order chi connectivity index (χ0) is 27.2. The number of hydrogen-bond donors (Lipinski definition) is 2. The average molecular weight is 519 g/mol. The molecule has 0 aromatic heterocycles. The van der Waals surface area contributed by atoms with E-state index in [1.54, 1.807) is 36.4 Å². The van der Waals surface area contributed by atoms with Crippen LogP contribution in [0.3, 0.4) is 0 Å². The highest BCUT2D eigenvalue weighted by Gasteiger charge is 2.32. The molecule has 2 N–H and O–H groups in total. The molecule has 0 spiro atoms. The highest BCUT2D eigenvalue weighted by Crippen LogP contribution is 2.34. The number of piperidine rings is 1. The van der Waals surface area contributed by atoms with E-state index >= 15 is 0 Å². The number of carboxylic acids is 1. The van der Waals surface area contributed by atoms with Gasteiger partial charge in [-0.05, 0) is 70.9 Å². The number of likely N-dealkylation sites (tertiary alicyclic amines) is 1. The Hall–Kier alpha value is -4.22. The maximum absolute atomic E-state index is 13.2. The van der Waals surface area contributed by atoms with Crippen molar-refractivity contribution in [3.05, 3.63) is 125 Å². The van der Waals surface area contributed by atoms with Crippen LogP contribution in [0.5, 0.6) is 0 Å². The second kappa shape index (κ2) is 12.1. The van der Waals surface area contributed by atoms with E-state index in [0.717, 1.165) is 18.5 Å². The summed E-state index contributed by atoms with van der Waals surface area (Å²) >= 11 is 0. The van der Waals surface area contributed by atoms with Crippen molar-refractivity contribution in [2.24, 2.45) is 5.92 Å². The van der Waals surface area contributed by atoms with Crippen molar-refractivity contribution < 1.29 is 14.7 Å². The molecule has 0 aliphatic carbocycles. The topological polar surface area (TPSA) is 69.6 Å². The van der Waals surface area contributed by atoms with E-state index < -0.39 is 5.97 Å². The molecule has 1 heterocycles. The van der Waals surface area contributed by atoms with Crippen molar-refractivity contribution >= 4 is 28.7 Å². The minimum atomic E-state index is -0.961. The van der Waals surface area contributed by atoms with Gasteiger partial charge in [0.1, 0.15) is 0 Å². The third-order valence-electron chi connectivity index (χ3n) is 7.83. The molecule has 0 radical (unpaired) electrons. The number of carboxylic acid groups (broad SMARTS) is 1. The molecule has 1 aliphatic rings. The summed E-state index contributed by atoms with van der Waals surface area (Å²) in [6.45, 7) is 4.39. The Labute approximate surface area is 229 Å². The molecule has 39 heavy (non-hydrogen) atoms. The van der Waals surface area contributed by atoms with Crippen LogP contribution in [0, 0.1) is 5.92 Å². The summed E-state index contributed by atoms with van der Waals surface area (Å²) in [5, 5.41) is 15.4. The Kier molecular flexibility index (Phi) is 8.18. The van der Waals surface area contributed by atoms with Crippen LogP contribution >= 0.6 is 0 Å². The predicted molar refractivity (Wildman–Crippen MR) is 157 cm³/mol. The maximum Gasteiger partial charge on any atom is 0.335 e. The summed E-state index contributed by atoms with van der Waals surface area (Å²) in [6, 6.07) is 32.3. The minimum Gasteiger partial charge on any atom is -0.478 e. The summed E-state index contributed by atoms with van der Waals surface area (Å²) in [5.41, 5.74) is 3.64. The highest BCUT2D eigenvalue weighted by atomic mass is 16.4. The monoisotopic (exact) mass is 518 g/mol. The second-order valence-corrected chi connectivity index (χ2v) is 10.3. The van der Waals surface area contributed by atoms with Gasteiger partial charge in [-0.1, -0.05) is 84.9 Å². The van der Waals surface area contributed by atoms with Gasteiger partial charge in [-0.15, -0.1) is 0 Å². The molecule has 198 valence electrons. The minimum absolute atomic E-state index is 0.0177. The molecule has 5 nitrogen and oxygen atoms in total. The Morgan fingerprint density at radius 2 is 1.67 bits per heavy atom. The van der Waals surface area contributed by atoms with Gasteiger partial charge in [0.05, 0.1) is 5.56 Å². The highest BCUT2D eigenvalue weighted by molar-refractivity contribution is 5.92. The average Bonchev–Trinajstić information content (AvgIpc) is 2.98. The normalized spacial score (nSPS) is 18.3. The van der Waals surface area contributed by atoms with Crippen LogP contribution < -0.4 is 5.32 Å². The summed E-state index contributed by atoms with van der Waals surface area (Å²) in [5.74, 6) is -0.339. The molecule has 0 bridgehead atoms. The molecule has 2 unspecified atom stereocenters. The Balaban J connectivity index is 1.30. The molecule has 4 aromatic rings. The van der Waals surface area contributed by atoms with Crippen molar-refractivity contribution in [1.29, 1.82) is 0 Å². The van der Waals surface area contributed by atoms with E-state index in [0.29, 0.717) is 19.0 Å². The maximum atomic E-state index is 13.2. The van der Waals surface area contributed by atoms with Crippen LogP contribution in [0.1, 0.15) is 52.4 Å². The third-order valence-corrected chi connectivity index (χ3v) is 7.83.